The molecule has 3 heteroatoms. The minimum absolute atomic E-state index is 0.810. The van der Waals surface area contributed by atoms with Crippen LogP contribution >= 0.6 is 0 Å². The van der Waals surface area contributed by atoms with E-state index in [0.717, 1.165) is 22.5 Å². The molecule has 0 radical (unpaired) electrons. The van der Waals surface area contributed by atoms with Gasteiger partial charge in [-0.25, -0.2) is 0 Å². The highest BCUT2D eigenvalue weighted by Crippen LogP contribution is 2.27. The molecule has 86 valence electrons. The smallest absolute Gasteiger partial charge is 0.119 e. The standard InChI is InChI=1S/C15H11N3/c1-2-6-12(7-3-1)13-9-11-17-18-15(13)14-8-4-5-10-16-14/h1-11H. The van der Waals surface area contributed by atoms with Crippen molar-refractivity contribution >= 4 is 0 Å². The molecule has 0 bridgehead atoms. The summed E-state index contributed by atoms with van der Waals surface area (Å²) in [7, 11) is 0. The van der Waals surface area contributed by atoms with Crippen molar-refractivity contribution in [3.05, 3.63) is 67.0 Å². The average Bonchev–Trinajstić information content (AvgIpc) is 2.49. The Labute approximate surface area is 105 Å². The summed E-state index contributed by atoms with van der Waals surface area (Å²) in [5.41, 5.74) is 3.81. The molecule has 2 aromatic heterocycles. The fourth-order valence-electron chi connectivity index (χ4n) is 1.87. The van der Waals surface area contributed by atoms with Crippen LogP contribution in [0, 0.1) is 0 Å². The number of aromatic nitrogens is 3. The van der Waals surface area contributed by atoms with Crippen molar-refractivity contribution in [3.63, 3.8) is 0 Å². The monoisotopic (exact) mass is 233 g/mol. The summed E-state index contributed by atoms with van der Waals surface area (Å²) in [5, 5.41) is 8.17. The van der Waals surface area contributed by atoms with Crippen molar-refractivity contribution in [3.8, 4) is 22.5 Å². The highest BCUT2D eigenvalue weighted by molar-refractivity contribution is 5.78. The number of hydrogen-bond donors (Lipinski definition) is 0. The number of pyridine rings is 1. The van der Waals surface area contributed by atoms with Gasteiger partial charge in [-0.15, -0.1) is 5.10 Å². The van der Waals surface area contributed by atoms with Crippen LogP contribution in [-0.4, -0.2) is 15.2 Å². The quantitative estimate of drug-likeness (QED) is 0.682. The van der Waals surface area contributed by atoms with Crippen LogP contribution in [0.25, 0.3) is 22.5 Å². The third kappa shape index (κ3) is 1.98. The van der Waals surface area contributed by atoms with Crippen LogP contribution in [0.4, 0.5) is 0 Å². The second-order valence-corrected chi connectivity index (χ2v) is 3.87. The predicted molar refractivity (Wildman–Crippen MR) is 70.7 cm³/mol. The molecular weight excluding hydrogens is 222 g/mol. The van der Waals surface area contributed by atoms with Gasteiger partial charge in [-0.3, -0.25) is 4.98 Å². The number of rotatable bonds is 2. The van der Waals surface area contributed by atoms with Gasteiger partial charge in [0, 0.05) is 11.8 Å². The van der Waals surface area contributed by atoms with Gasteiger partial charge in [-0.2, -0.15) is 5.10 Å². The summed E-state index contributed by atoms with van der Waals surface area (Å²) >= 11 is 0. The molecule has 0 fully saturated rings. The van der Waals surface area contributed by atoms with Gasteiger partial charge >= 0.3 is 0 Å². The number of nitrogens with zero attached hydrogens (tertiary/aromatic N) is 3. The van der Waals surface area contributed by atoms with Gasteiger partial charge in [0.05, 0.1) is 11.9 Å². The summed E-state index contributed by atoms with van der Waals surface area (Å²) in [6, 6.07) is 17.9. The molecule has 0 atom stereocenters. The molecule has 0 aliphatic carbocycles. The van der Waals surface area contributed by atoms with Crippen LogP contribution in [0.5, 0.6) is 0 Å². The van der Waals surface area contributed by atoms with E-state index in [0.29, 0.717) is 0 Å². The van der Waals surface area contributed by atoms with Crippen LogP contribution in [0.15, 0.2) is 67.0 Å². The zero-order valence-corrected chi connectivity index (χ0v) is 9.69. The number of benzene rings is 1. The zero-order chi connectivity index (χ0) is 12.2. The summed E-state index contributed by atoms with van der Waals surface area (Å²) in [6.07, 6.45) is 3.47. The molecule has 0 amide bonds. The van der Waals surface area contributed by atoms with Gasteiger partial charge in [0.2, 0.25) is 0 Å². The fraction of sp³-hybridized carbons (Fsp3) is 0. The first-order chi connectivity index (χ1) is 8.95. The van der Waals surface area contributed by atoms with E-state index < -0.39 is 0 Å². The van der Waals surface area contributed by atoms with Crippen LogP contribution < -0.4 is 0 Å². The summed E-state index contributed by atoms with van der Waals surface area (Å²) < 4.78 is 0. The van der Waals surface area contributed by atoms with E-state index in [2.05, 4.69) is 27.3 Å². The maximum absolute atomic E-state index is 4.33. The molecule has 0 aliphatic rings. The van der Waals surface area contributed by atoms with Gasteiger partial charge in [-0.05, 0) is 23.8 Å². The second kappa shape index (κ2) is 4.75. The largest absolute Gasteiger partial charge is 0.255 e. The zero-order valence-electron chi connectivity index (χ0n) is 9.69. The predicted octanol–water partition coefficient (Wildman–Crippen LogP) is 3.21. The Kier molecular flexibility index (Phi) is 2.80. The van der Waals surface area contributed by atoms with Crippen molar-refractivity contribution in [1.82, 2.24) is 15.2 Å². The van der Waals surface area contributed by atoms with Crippen LogP contribution in [0.3, 0.4) is 0 Å². The minimum Gasteiger partial charge on any atom is -0.255 e. The molecule has 2 heterocycles. The minimum atomic E-state index is 0.810. The van der Waals surface area contributed by atoms with E-state index in [1.165, 1.54) is 0 Å². The first kappa shape index (κ1) is 10.6. The van der Waals surface area contributed by atoms with E-state index in [1.54, 1.807) is 12.4 Å². The van der Waals surface area contributed by atoms with Gasteiger partial charge in [-0.1, -0.05) is 36.4 Å². The average molecular weight is 233 g/mol. The maximum atomic E-state index is 4.33. The Hall–Kier alpha value is -2.55. The Morgan fingerprint density at radius 3 is 2.33 bits per heavy atom. The van der Waals surface area contributed by atoms with Crippen molar-refractivity contribution in [2.24, 2.45) is 0 Å². The summed E-state index contributed by atoms with van der Waals surface area (Å²) in [4.78, 5) is 4.33. The normalized spacial score (nSPS) is 10.2. The van der Waals surface area contributed by atoms with E-state index in [-0.39, 0.29) is 0 Å². The van der Waals surface area contributed by atoms with E-state index in [4.69, 9.17) is 0 Å². The Morgan fingerprint density at radius 2 is 1.56 bits per heavy atom. The molecule has 0 saturated carbocycles. The summed E-state index contributed by atoms with van der Waals surface area (Å²) in [5.74, 6) is 0. The molecular formula is C15H11N3. The lowest BCUT2D eigenvalue weighted by Gasteiger charge is -2.06. The molecule has 3 nitrogen and oxygen atoms in total. The van der Waals surface area contributed by atoms with E-state index in [9.17, 15) is 0 Å². The lowest BCUT2D eigenvalue weighted by molar-refractivity contribution is 1.03. The first-order valence-electron chi connectivity index (χ1n) is 5.73. The fourth-order valence-corrected chi connectivity index (χ4v) is 1.87. The van der Waals surface area contributed by atoms with Crippen LogP contribution in [0.1, 0.15) is 0 Å². The Balaban J connectivity index is 2.18. The Bertz CT molecular complexity index is 578. The molecule has 3 rings (SSSR count). The lowest BCUT2D eigenvalue weighted by Crippen LogP contribution is -1.93. The van der Waals surface area contributed by atoms with Crippen molar-refractivity contribution in [2.75, 3.05) is 0 Å². The lowest BCUT2D eigenvalue weighted by atomic mass is 10.0. The first-order valence-corrected chi connectivity index (χ1v) is 5.73. The number of hydrogen-bond acceptors (Lipinski definition) is 3. The molecule has 0 N–H and O–H groups in total. The van der Waals surface area contributed by atoms with E-state index in [1.807, 2.05) is 42.5 Å². The van der Waals surface area contributed by atoms with Gasteiger partial charge in [0.25, 0.3) is 0 Å². The highest BCUT2D eigenvalue weighted by Gasteiger charge is 2.09. The molecule has 0 aliphatic heterocycles. The SMILES string of the molecule is c1ccc(-c2ccnnc2-c2ccccn2)cc1. The second-order valence-electron chi connectivity index (χ2n) is 3.87. The van der Waals surface area contributed by atoms with Gasteiger partial charge in [0.15, 0.2) is 0 Å². The van der Waals surface area contributed by atoms with Crippen LogP contribution in [-0.2, 0) is 0 Å². The topological polar surface area (TPSA) is 38.7 Å². The molecule has 3 aromatic rings. The molecule has 0 spiro atoms. The molecule has 0 unspecified atom stereocenters. The Morgan fingerprint density at radius 1 is 0.722 bits per heavy atom. The maximum Gasteiger partial charge on any atom is 0.119 e. The summed E-state index contributed by atoms with van der Waals surface area (Å²) in [6.45, 7) is 0. The van der Waals surface area contributed by atoms with Crippen LogP contribution in [0.2, 0.25) is 0 Å². The molecule has 0 saturated heterocycles. The molecule has 1 aromatic carbocycles. The van der Waals surface area contributed by atoms with E-state index >= 15 is 0 Å². The molecule has 18 heavy (non-hydrogen) atoms. The van der Waals surface area contributed by atoms with Crippen molar-refractivity contribution < 1.29 is 0 Å². The third-order valence-electron chi connectivity index (χ3n) is 2.71. The van der Waals surface area contributed by atoms with Crippen molar-refractivity contribution in [2.45, 2.75) is 0 Å². The van der Waals surface area contributed by atoms with Gasteiger partial charge in [0.1, 0.15) is 5.69 Å². The highest BCUT2D eigenvalue weighted by atomic mass is 15.1. The third-order valence-corrected chi connectivity index (χ3v) is 2.71. The van der Waals surface area contributed by atoms with Crippen molar-refractivity contribution in [1.29, 1.82) is 0 Å². The van der Waals surface area contributed by atoms with Gasteiger partial charge < -0.3 is 0 Å².